The summed E-state index contributed by atoms with van der Waals surface area (Å²) >= 11 is 0. The third-order valence-electron chi connectivity index (χ3n) is 3.98. The molecule has 0 saturated carbocycles. The van der Waals surface area contributed by atoms with E-state index in [2.05, 4.69) is 26.5 Å². The topological polar surface area (TPSA) is 63.8 Å². The predicted octanol–water partition coefficient (Wildman–Crippen LogP) is 2.75. The Balaban J connectivity index is 1.67. The molecule has 2 aromatic heterocycles. The largest absolute Gasteiger partial charge is 0.339 e. The second kappa shape index (κ2) is 5.26. The van der Waals surface area contributed by atoms with Gasteiger partial charge >= 0.3 is 0 Å². The van der Waals surface area contributed by atoms with Crippen LogP contribution in [0.15, 0.2) is 41.1 Å². The SMILES string of the molecule is c1ccc2ncc(-c3noc(C4CCNCC4)n3)cc2c1. The number of nitrogens with one attached hydrogen (secondary N) is 1. The van der Waals surface area contributed by atoms with Crippen molar-refractivity contribution in [3.8, 4) is 11.4 Å². The van der Waals surface area contributed by atoms with Crippen LogP contribution in [0.25, 0.3) is 22.3 Å². The van der Waals surface area contributed by atoms with E-state index < -0.39 is 0 Å². The molecule has 106 valence electrons. The van der Waals surface area contributed by atoms with Crippen LogP contribution >= 0.6 is 0 Å². The lowest BCUT2D eigenvalue weighted by atomic mass is 9.98. The zero-order valence-electron chi connectivity index (χ0n) is 11.6. The summed E-state index contributed by atoms with van der Waals surface area (Å²) in [5.74, 6) is 1.75. The minimum absolute atomic E-state index is 0.376. The van der Waals surface area contributed by atoms with Crippen LogP contribution in [-0.4, -0.2) is 28.2 Å². The van der Waals surface area contributed by atoms with Gasteiger partial charge in [-0.15, -0.1) is 0 Å². The van der Waals surface area contributed by atoms with Crippen LogP contribution in [0, 0.1) is 0 Å². The highest BCUT2D eigenvalue weighted by atomic mass is 16.5. The molecule has 1 fully saturated rings. The molecule has 1 N–H and O–H groups in total. The van der Waals surface area contributed by atoms with Crippen molar-refractivity contribution >= 4 is 10.9 Å². The lowest BCUT2D eigenvalue weighted by molar-refractivity contribution is 0.320. The predicted molar refractivity (Wildman–Crippen MR) is 79.9 cm³/mol. The third-order valence-corrected chi connectivity index (χ3v) is 3.98. The number of nitrogens with zero attached hydrogens (tertiary/aromatic N) is 3. The minimum atomic E-state index is 0.376. The summed E-state index contributed by atoms with van der Waals surface area (Å²) in [6, 6.07) is 10.1. The fourth-order valence-corrected chi connectivity index (χ4v) is 2.78. The van der Waals surface area contributed by atoms with E-state index in [1.165, 1.54) is 0 Å². The van der Waals surface area contributed by atoms with Crippen molar-refractivity contribution in [2.45, 2.75) is 18.8 Å². The summed E-state index contributed by atoms with van der Waals surface area (Å²) < 4.78 is 5.45. The lowest BCUT2D eigenvalue weighted by Gasteiger charge is -2.18. The molecule has 3 heterocycles. The first-order valence-corrected chi connectivity index (χ1v) is 7.29. The summed E-state index contributed by atoms with van der Waals surface area (Å²) in [5, 5.41) is 8.55. The van der Waals surface area contributed by atoms with Crippen LogP contribution in [0.4, 0.5) is 0 Å². The fourth-order valence-electron chi connectivity index (χ4n) is 2.78. The van der Waals surface area contributed by atoms with Crippen molar-refractivity contribution in [2.75, 3.05) is 13.1 Å². The van der Waals surface area contributed by atoms with Gasteiger partial charge in [0.1, 0.15) is 0 Å². The molecule has 0 atom stereocenters. The first kappa shape index (κ1) is 12.5. The maximum Gasteiger partial charge on any atom is 0.230 e. The normalized spacial score (nSPS) is 16.4. The number of para-hydroxylation sites is 1. The minimum Gasteiger partial charge on any atom is -0.339 e. The van der Waals surface area contributed by atoms with Crippen molar-refractivity contribution < 1.29 is 4.52 Å². The number of hydrogen-bond donors (Lipinski definition) is 1. The highest BCUT2D eigenvalue weighted by molar-refractivity contribution is 5.82. The van der Waals surface area contributed by atoms with Gasteiger partial charge in [-0.1, -0.05) is 23.4 Å². The zero-order chi connectivity index (χ0) is 14.1. The molecule has 5 heteroatoms. The van der Waals surface area contributed by atoms with E-state index in [1.54, 1.807) is 6.20 Å². The molecule has 0 bridgehead atoms. The van der Waals surface area contributed by atoms with Gasteiger partial charge in [0.05, 0.1) is 5.52 Å². The van der Waals surface area contributed by atoms with Gasteiger partial charge in [0, 0.05) is 23.1 Å². The Bertz CT molecular complexity index is 762. The van der Waals surface area contributed by atoms with Crippen molar-refractivity contribution in [3.63, 3.8) is 0 Å². The average molecular weight is 280 g/mol. The number of piperidine rings is 1. The molecular formula is C16H16N4O. The molecule has 0 spiro atoms. The molecule has 1 aliphatic rings. The van der Waals surface area contributed by atoms with Crippen LogP contribution in [0.5, 0.6) is 0 Å². The Morgan fingerprint density at radius 3 is 2.90 bits per heavy atom. The maximum absolute atomic E-state index is 5.45. The highest BCUT2D eigenvalue weighted by Crippen LogP contribution is 2.26. The van der Waals surface area contributed by atoms with Crippen LogP contribution in [-0.2, 0) is 0 Å². The molecule has 21 heavy (non-hydrogen) atoms. The summed E-state index contributed by atoms with van der Waals surface area (Å²) in [6.07, 6.45) is 3.91. The van der Waals surface area contributed by atoms with E-state index in [4.69, 9.17) is 4.52 Å². The van der Waals surface area contributed by atoms with Crippen LogP contribution in [0.2, 0.25) is 0 Å². The second-order valence-electron chi connectivity index (χ2n) is 5.40. The summed E-state index contributed by atoms with van der Waals surface area (Å²) in [7, 11) is 0. The molecule has 1 saturated heterocycles. The summed E-state index contributed by atoms with van der Waals surface area (Å²) in [5.41, 5.74) is 1.88. The van der Waals surface area contributed by atoms with Gasteiger partial charge in [0.15, 0.2) is 0 Å². The Hall–Kier alpha value is -2.27. The second-order valence-corrected chi connectivity index (χ2v) is 5.40. The van der Waals surface area contributed by atoms with Crippen LogP contribution < -0.4 is 5.32 Å². The molecule has 0 radical (unpaired) electrons. The monoisotopic (exact) mass is 280 g/mol. The van der Waals surface area contributed by atoms with Gasteiger partial charge in [-0.2, -0.15) is 4.98 Å². The molecule has 1 aromatic carbocycles. The lowest BCUT2D eigenvalue weighted by Crippen LogP contribution is -2.26. The highest BCUT2D eigenvalue weighted by Gasteiger charge is 2.21. The number of rotatable bonds is 2. The summed E-state index contributed by atoms with van der Waals surface area (Å²) in [4.78, 5) is 9.01. The number of aromatic nitrogens is 3. The van der Waals surface area contributed by atoms with Crippen molar-refractivity contribution in [1.82, 2.24) is 20.4 Å². The van der Waals surface area contributed by atoms with E-state index in [0.29, 0.717) is 11.7 Å². The number of pyridine rings is 1. The third kappa shape index (κ3) is 2.40. The molecular weight excluding hydrogens is 264 g/mol. The van der Waals surface area contributed by atoms with Gasteiger partial charge in [-0.3, -0.25) is 4.98 Å². The van der Waals surface area contributed by atoms with E-state index in [1.807, 2.05) is 24.3 Å². The smallest absolute Gasteiger partial charge is 0.230 e. The fraction of sp³-hybridized carbons (Fsp3) is 0.312. The zero-order valence-corrected chi connectivity index (χ0v) is 11.6. The van der Waals surface area contributed by atoms with Crippen molar-refractivity contribution in [1.29, 1.82) is 0 Å². The standard InChI is InChI=1S/C16H16N4O/c1-2-4-14-12(3-1)9-13(10-18-14)15-19-16(21-20-15)11-5-7-17-8-6-11/h1-4,9-11,17H,5-8H2. The molecule has 5 nitrogen and oxygen atoms in total. The van der Waals surface area contributed by atoms with Gasteiger partial charge in [-0.25, -0.2) is 0 Å². The van der Waals surface area contributed by atoms with Gasteiger partial charge in [0.2, 0.25) is 11.7 Å². The van der Waals surface area contributed by atoms with E-state index >= 15 is 0 Å². The molecule has 3 aromatic rings. The molecule has 0 unspecified atom stereocenters. The average Bonchev–Trinajstić information content (AvgIpc) is 3.05. The van der Waals surface area contributed by atoms with E-state index in [-0.39, 0.29) is 0 Å². The van der Waals surface area contributed by atoms with Gasteiger partial charge in [0.25, 0.3) is 0 Å². The van der Waals surface area contributed by atoms with E-state index in [0.717, 1.165) is 48.3 Å². The van der Waals surface area contributed by atoms with Crippen molar-refractivity contribution in [3.05, 3.63) is 42.4 Å². The number of hydrogen-bond acceptors (Lipinski definition) is 5. The maximum atomic E-state index is 5.45. The van der Waals surface area contributed by atoms with Crippen molar-refractivity contribution in [2.24, 2.45) is 0 Å². The van der Waals surface area contributed by atoms with Gasteiger partial charge < -0.3 is 9.84 Å². The Kier molecular flexibility index (Phi) is 3.12. The first-order chi connectivity index (χ1) is 10.4. The molecule has 0 amide bonds. The van der Waals surface area contributed by atoms with Crippen LogP contribution in [0.3, 0.4) is 0 Å². The first-order valence-electron chi connectivity index (χ1n) is 7.29. The summed E-state index contributed by atoms with van der Waals surface area (Å²) in [6.45, 7) is 2.03. The van der Waals surface area contributed by atoms with Gasteiger partial charge in [-0.05, 0) is 38.1 Å². The Morgan fingerprint density at radius 1 is 1.14 bits per heavy atom. The Labute approximate surface area is 122 Å². The van der Waals surface area contributed by atoms with Crippen LogP contribution in [0.1, 0.15) is 24.7 Å². The Morgan fingerprint density at radius 2 is 2.00 bits per heavy atom. The molecule has 0 aliphatic carbocycles. The number of fused-ring (bicyclic) bond motifs is 1. The quantitative estimate of drug-likeness (QED) is 0.782. The van der Waals surface area contributed by atoms with E-state index in [9.17, 15) is 0 Å². The number of benzene rings is 1. The molecule has 1 aliphatic heterocycles. The molecule has 4 rings (SSSR count).